The molecule has 2 fully saturated rings. The molecule has 43 heavy (non-hydrogen) atoms. The SMILES string of the molecule is CC1CCCO1.CCCc1ccc(P(=O)(O)OCC)cc1.CCOCCOC.CCOCCOCCO.C[C@H]1CCCO1. The van der Waals surface area contributed by atoms with Crippen molar-refractivity contribution in [1.82, 2.24) is 0 Å². The smallest absolute Gasteiger partial charge is 0.358 e. The summed E-state index contributed by atoms with van der Waals surface area (Å²) in [6.07, 6.45) is 8.21. The molecule has 2 saturated heterocycles. The second kappa shape index (κ2) is 32.5. The Hall–Kier alpha value is -0.910. The van der Waals surface area contributed by atoms with Gasteiger partial charge in [0.05, 0.1) is 63.8 Å². The summed E-state index contributed by atoms with van der Waals surface area (Å²) in [5.74, 6) is 0. The fourth-order valence-electron chi connectivity index (χ4n) is 3.58. The van der Waals surface area contributed by atoms with Crippen LogP contribution in [0.4, 0.5) is 0 Å². The molecule has 0 aromatic heterocycles. The van der Waals surface area contributed by atoms with Crippen LogP contribution >= 0.6 is 7.60 Å². The molecule has 3 atom stereocenters. The van der Waals surface area contributed by atoms with Gasteiger partial charge in [0.25, 0.3) is 0 Å². The van der Waals surface area contributed by atoms with Crippen LogP contribution in [0.3, 0.4) is 0 Å². The maximum absolute atomic E-state index is 11.6. The Morgan fingerprint density at radius 2 is 1.30 bits per heavy atom. The number of hydrogen-bond acceptors (Lipinski definition) is 9. The maximum atomic E-state index is 11.6. The first-order valence-corrected chi connectivity index (χ1v) is 17.4. The summed E-state index contributed by atoms with van der Waals surface area (Å²) in [7, 11) is -1.92. The summed E-state index contributed by atoms with van der Waals surface area (Å²) in [4.78, 5) is 9.54. The van der Waals surface area contributed by atoms with E-state index in [1.165, 1.54) is 31.2 Å². The fourth-order valence-corrected chi connectivity index (χ4v) is 4.61. The normalized spacial score (nSPS) is 18.4. The van der Waals surface area contributed by atoms with E-state index in [1.807, 2.05) is 26.0 Å². The van der Waals surface area contributed by atoms with Crippen molar-refractivity contribution in [1.29, 1.82) is 0 Å². The molecular weight excluding hydrogens is 575 g/mol. The van der Waals surface area contributed by atoms with Gasteiger partial charge in [-0.2, -0.15) is 0 Å². The number of rotatable bonds is 15. The first kappa shape index (κ1) is 44.2. The van der Waals surface area contributed by atoms with Crippen LogP contribution in [0.2, 0.25) is 0 Å². The van der Waals surface area contributed by atoms with Gasteiger partial charge in [-0.1, -0.05) is 25.5 Å². The van der Waals surface area contributed by atoms with Gasteiger partial charge in [-0.3, -0.25) is 4.57 Å². The second-order valence-corrected chi connectivity index (χ2v) is 11.5. The molecule has 0 radical (unpaired) electrons. The minimum absolute atomic E-state index is 0.0894. The molecule has 0 spiro atoms. The van der Waals surface area contributed by atoms with Crippen molar-refractivity contribution in [2.75, 3.05) is 79.8 Å². The zero-order valence-electron chi connectivity index (χ0n) is 28.1. The van der Waals surface area contributed by atoms with Gasteiger partial charge < -0.3 is 42.9 Å². The summed E-state index contributed by atoms with van der Waals surface area (Å²) in [6.45, 7) is 18.8. The Morgan fingerprint density at radius 1 is 0.791 bits per heavy atom. The highest BCUT2D eigenvalue weighted by atomic mass is 31.2. The molecule has 1 aromatic rings. The molecule has 0 aliphatic carbocycles. The van der Waals surface area contributed by atoms with Crippen molar-refractivity contribution in [3.8, 4) is 0 Å². The van der Waals surface area contributed by atoms with E-state index in [9.17, 15) is 9.46 Å². The molecule has 2 aliphatic heterocycles. The average molecular weight is 639 g/mol. The lowest BCUT2D eigenvalue weighted by Crippen LogP contribution is -2.07. The van der Waals surface area contributed by atoms with Crippen LogP contribution < -0.4 is 5.30 Å². The van der Waals surface area contributed by atoms with Crippen molar-refractivity contribution in [3.63, 3.8) is 0 Å². The topological polar surface area (TPSA) is 122 Å². The molecule has 0 saturated carbocycles. The number of aliphatic hydroxyl groups excluding tert-OH is 1. The number of benzene rings is 1. The molecule has 11 heteroatoms. The van der Waals surface area contributed by atoms with Crippen LogP contribution in [-0.4, -0.2) is 102 Å². The molecular formula is C32H63O10P. The quantitative estimate of drug-likeness (QED) is 0.187. The van der Waals surface area contributed by atoms with Crippen LogP contribution in [-0.2, 0) is 43.9 Å². The number of hydrogen-bond donors (Lipinski definition) is 2. The zero-order valence-corrected chi connectivity index (χ0v) is 29.0. The molecule has 0 bridgehead atoms. The fraction of sp³-hybridized carbons (Fsp3) is 0.812. The monoisotopic (exact) mass is 638 g/mol. The van der Waals surface area contributed by atoms with E-state index in [4.69, 9.17) is 38.1 Å². The van der Waals surface area contributed by atoms with E-state index in [2.05, 4.69) is 20.8 Å². The van der Waals surface area contributed by atoms with Crippen LogP contribution in [0.25, 0.3) is 0 Å². The Morgan fingerprint density at radius 3 is 1.65 bits per heavy atom. The van der Waals surface area contributed by atoms with Crippen molar-refractivity contribution in [3.05, 3.63) is 29.8 Å². The van der Waals surface area contributed by atoms with E-state index in [-0.39, 0.29) is 13.2 Å². The summed E-state index contributed by atoms with van der Waals surface area (Å²) in [5, 5.41) is 8.62. The number of methoxy groups -OCH3 is 1. The standard InChI is InChI=1S/C11H17O3P.C6H14O3.C5H12O2.2C5H10O/c1-3-5-10-6-8-11(9-7-10)15(12,13)14-4-2;1-2-8-5-6-9-4-3-7;1-3-7-5-4-6-2;2*1-5-3-2-4-6-5/h6-9H,3-5H2,1-2H3,(H,12,13);7H,2-6H2,1H3;3-5H2,1-2H3;2*5H,2-4H2,1H3/t;;;5-;/m...0./s1. The van der Waals surface area contributed by atoms with Gasteiger partial charge in [0, 0.05) is 33.5 Å². The zero-order chi connectivity index (χ0) is 32.6. The predicted molar refractivity (Wildman–Crippen MR) is 174 cm³/mol. The summed E-state index contributed by atoms with van der Waals surface area (Å²) >= 11 is 0. The minimum atomic E-state index is -3.58. The first-order valence-electron chi connectivity index (χ1n) is 15.8. The van der Waals surface area contributed by atoms with Crippen LogP contribution in [0.15, 0.2) is 24.3 Å². The Labute approximate surface area is 262 Å². The average Bonchev–Trinajstić information content (AvgIpc) is 3.68. The van der Waals surface area contributed by atoms with Gasteiger partial charge in [0.1, 0.15) is 0 Å². The lowest BCUT2D eigenvalue weighted by atomic mass is 10.1. The number of ether oxygens (including phenoxy) is 6. The maximum Gasteiger partial charge on any atom is 0.358 e. The van der Waals surface area contributed by atoms with Gasteiger partial charge in [0.2, 0.25) is 0 Å². The largest absolute Gasteiger partial charge is 0.394 e. The number of aliphatic hydroxyl groups is 1. The highest BCUT2D eigenvalue weighted by molar-refractivity contribution is 7.61. The van der Waals surface area contributed by atoms with Crippen molar-refractivity contribution >= 4 is 12.9 Å². The van der Waals surface area contributed by atoms with Crippen molar-refractivity contribution < 1.29 is 47.5 Å². The minimum Gasteiger partial charge on any atom is -0.394 e. The summed E-state index contributed by atoms with van der Waals surface area (Å²) in [5.41, 5.74) is 1.18. The van der Waals surface area contributed by atoms with Gasteiger partial charge >= 0.3 is 7.60 Å². The van der Waals surface area contributed by atoms with Gasteiger partial charge in [-0.25, -0.2) is 0 Å². The third-order valence-electron chi connectivity index (χ3n) is 5.87. The van der Waals surface area contributed by atoms with Gasteiger partial charge in [-0.15, -0.1) is 0 Å². The summed E-state index contributed by atoms with van der Waals surface area (Å²) in [6, 6.07) is 7.09. The Kier molecular flexibility index (Phi) is 33.4. The van der Waals surface area contributed by atoms with Crippen LogP contribution in [0.1, 0.15) is 79.2 Å². The van der Waals surface area contributed by atoms with Crippen LogP contribution in [0.5, 0.6) is 0 Å². The van der Waals surface area contributed by atoms with Crippen molar-refractivity contribution in [2.45, 2.75) is 92.3 Å². The van der Waals surface area contributed by atoms with E-state index in [0.29, 0.717) is 50.5 Å². The van der Waals surface area contributed by atoms with E-state index in [1.54, 1.807) is 26.2 Å². The van der Waals surface area contributed by atoms with Gasteiger partial charge in [-0.05, 0) is 84.4 Å². The lowest BCUT2D eigenvalue weighted by molar-refractivity contribution is 0.0370. The van der Waals surface area contributed by atoms with E-state index >= 15 is 0 Å². The molecule has 1 aromatic carbocycles. The van der Waals surface area contributed by atoms with Crippen molar-refractivity contribution in [2.24, 2.45) is 0 Å². The van der Waals surface area contributed by atoms with Gasteiger partial charge in [0.15, 0.2) is 0 Å². The third kappa shape index (κ3) is 29.6. The highest BCUT2D eigenvalue weighted by Gasteiger charge is 2.21. The second-order valence-electron chi connectivity index (χ2n) is 9.72. The Balaban J connectivity index is 0. The lowest BCUT2D eigenvalue weighted by Gasteiger charge is -2.11. The van der Waals surface area contributed by atoms with E-state index in [0.717, 1.165) is 39.3 Å². The third-order valence-corrected chi connectivity index (χ3v) is 7.43. The van der Waals surface area contributed by atoms with Crippen LogP contribution in [0, 0.1) is 0 Å². The first-order chi connectivity index (χ1) is 20.7. The molecule has 2 heterocycles. The molecule has 2 unspecified atom stereocenters. The molecule has 3 rings (SSSR count). The molecule has 2 aliphatic rings. The Bertz CT molecular complexity index is 699. The number of aryl methyl sites for hydroxylation is 1. The molecule has 2 N–H and O–H groups in total. The summed E-state index contributed by atoms with van der Waals surface area (Å²) < 4.78 is 46.3. The molecule has 0 amide bonds. The highest BCUT2D eigenvalue weighted by Crippen LogP contribution is 2.40. The molecule has 256 valence electrons. The molecule has 10 nitrogen and oxygen atoms in total. The van der Waals surface area contributed by atoms with E-state index < -0.39 is 7.60 Å². The predicted octanol–water partition coefficient (Wildman–Crippen LogP) is 5.56.